The van der Waals surface area contributed by atoms with Gasteiger partial charge in [0.15, 0.2) is 0 Å². The SMILES string of the molecule is Cc1c(-c2ccccc2)ccc(S(=O)(=O)O)c1C. The van der Waals surface area contributed by atoms with Crippen molar-refractivity contribution >= 4 is 10.1 Å². The Kier molecular flexibility index (Phi) is 3.24. The molecule has 0 heterocycles. The van der Waals surface area contributed by atoms with Crippen LogP contribution in [0.25, 0.3) is 11.1 Å². The maximum Gasteiger partial charge on any atom is 0.294 e. The minimum Gasteiger partial charge on any atom is -0.282 e. The van der Waals surface area contributed by atoms with E-state index >= 15 is 0 Å². The molecule has 3 nitrogen and oxygen atoms in total. The third-order valence-electron chi connectivity index (χ3n) is 3.10. The molecule has 94 valence electrons. The van der Waals surface area contributed by atoms with Crippen molar-refractivity contribution in [1.29, 1.82) is 0 Å². The summed E-state index contributed by atoms with van der Waals surface area (Å²) in [5.41, 5.74) is 3.44. The quantitative estimate of drug-likeness (QED) is 0.845. The molecule has 4 heteroatoms. The van der Waals surface area contributed by atoms with Crippen LogP contribution in [0.2, 0.25) is 0 Å². The molecule has 2 aromatic carbocycles. The first-order valence-corrected chi connectivity index (χ1v) is 6.98. The largest absolute Gasteiger partial charge is 0.294 e. The number of hydrogen-bond acceptors (Lipinski definition) is 2. The zero-order valence-corrected chi connectivity index (χ0v) is 11.0. The van der Waals surface area contributed by atoms with E-state index in [1.54, 1.807) is 13.0 Å². The third-order valence-corrected chi connectivity index (χ3v) is 4.10. The van der Waals surface area contributed by atoms with Gasteiger partial charge in [-0.05, 0) is 42.2 Å². The monoisotopic (exact) mass is 262 g/mol. The van der Waals surface area contributed by atoms with Crippen molar-refractivity contribution in [3.8, 4) is 11.1 Å². The van der Waals surface area contributed by atoms with Crippen LogP contribution in [0.15, 0.2) is 47.4 Å². The van der Waals surface area contributed by atoms with Gasteiger partial charge in [-0.25, -0.2) is 0 Å². The summed E-state index contributed by atoms with van der Waals surface area (Å²) in [6.45, 7) is 3.55. The highest BCUT2D eigenvalue weighted by molar-refractivity contribution is 7.85. The molecule has 2 rings (SSSR count). The fraction of sp³-hybridized carbons (Fsp3) is 0.143. The van der Waals surface area contributed by atoms with E-state index in [1.165, 1.54) is 6.07 Å². The summed E-state index contributed by atoms with van der Waals surface area (Å²) < 4.78 is 31.5. The molecule has 0 aromatic heterocycles. The van der Waals surface area contributed by atoms with E-state index in [9.17, 15) is 8.42 Å². The molecule has 0 atom stereocenters. The van der Waals surface area contributed by atoms with Crippen molar-refractivity contribution < 1.29 is 13.0 Å². The van der Waals surface area contributed by atoms with Gasteiger partial charge in [-0.1, -0.05) is 36.4 Å². The van der Waals surface area contributed by atoms with Gasteiger partial charge in [0.2, 0.25) is 0 Å². The maximum absolute atomic E-state index is 11.2. The lowest BCUT2D eigenvalue weighted by atomic mass is 9.97. The van der Waals surface area contributed by atoms with Crippen LogP contribution < -0.4 is 0 Å². The summed E-state index contributed by atoms with van der Waals surface area (Å²) in [5.74, 6) is 0. The topological polar surface area (TPSA) is 54.4 Å². The first kappa shape index (κ1) is 12.8. The molecule has 1 N–H and O–H groups in total. The molecule has 0 aliphatic heterocycles. The van der Waals surface area contributed by atoms with Crippen LogP contribution in [-0.2, 0) is 10.1 Å². The standard InChI is InChI=1S/C14H14O3S/c1-10-11(2)14(18(15,16)17)9-8-13(10)12-6-4-3-5-7-12/h3-9H,1-2H3,(H,15,16,17). The van der Waals surface area contributed by atoms with Crippen LogP contribution in [0.3, 0.4) is 0 Å². The average molecular weight is 262 g/mol. The van der Waals surface area contributed by atoms with Crippen molar-refractivity contribution in [1.82, 2.24) is 0 Å². The Balaban J connectivity index is 2.66. The van der Waals surface area contributed by atoms with Crippen LogP contribution >= 0.6 is 0 Å². The Morgan fingerprint density at radius 1 is 0.889 bits per heavy atom. The van der Waals surface area contributed by atoms with E-state index in [0.29, 0.717) is 5.56 Å². The van der Waals surface area contributed by atoms with E-state index in [1.807, 2.05) is 37.3 Å². The maximum atomic E-state index is 11.2. The van der Waals surface area contributed by atoms with Crippen LogP contribution in [-0.4, -0.2) is 13.0 Å². The van der Waals surface area contributed by atoms with Crippen LogP contribution in [0, 0.1) is 13.8 Å². The third kappa shape index (κ3) is 2.30. The predicted octanol–water partition coefficient (Wildman–Crippen LogP) is 3.22. The normalized spacial score (nSPS) is 11.5. The number of rotatable bonds is 2. The van der Waals surface area contributed by atoms with E-state index in [0.717, 1.165) is 16.7 Å². The summed E-state index contributed by atoms with van der Waals surface area (Å²) >= 11 is 0. The Bertz CT molecular complexity index is 674. The highest BCUT2D eigenvalue weighted by Gasteiger charge is 2.16. The molecule has 0 unspecified atom stereocenters. The summed E-state index contributed by atoms with van der Waals surface area (Å²) in [6.07, 6.45) is 0. The van der Waals surface area contributed by atoms with Crippen LogP contribution in [0.5, 0.6) is 0 Å². The smallest absolute Gasteiger partial charge is 0.282 e. The second-order valence-electron chi connectivity index (χ2n) is 4.20. The molecule has 0 aliphatic carbocycles. The fourth-order valence-corrected chi connectivity index (χ4v) is 2.79. The summed E-state index contributed by atoms with van der Waals surface area (Å²) in [7, 11) is -4.15. The minimum atomic E-state index is -4.15. The number of hydrogen-bond donors (Lipinski definition) is 1. The fourth-order valence-electron chi connectivity index (χ4n) is 2.01. The molecule has 0 fully saturated rings. The Labute approximate surface area is 107 Å². The second-order valence-corrected chi connectivity index (χ2v) is 5.59. The van der Waals surface area contributed by atoms with Gasteiger partial charge >= 0.3 is 0 Å². The minimum absolute atomic E-state index is 0.0281. The molecular weight excluding hydrogens is 248 g/mol. The number of benzene rings is 2. The van der Waals surface area contributed by atoms with E-state index in [-0.39, 0.29) is 4.90 Å². The first-order valence-electron chi connectivity index (χ1n) is 5.54. The van der Waals surface area contributed by atoms with Crippen molar-refractivity contribution in [3.63, 3.8) is 0 Å². The van der Waals surface area contributed by atoms with Crippen LogP contribution in [0.1, 0.15) is 11.1 Å². The highest BCUT2D eigenvalue weighted by atomic mass is 32.2. The molecule has 0 spiro atoms. The molecule has 0 saturated carbocycles. The van der Waals surface area contributed by atoms with Gasteiger partial charge in [-0.15, -0.1) is 0 Å². The van der Waals surface area contributed by atoms with Gasteiger partial charge in [-0.2, -0.15) is 8.42 Å². The van der Waals surface area contributed by atoms with Gasteiger partial charge in [-0.3, -0.25) is 4.55 Å². The molecular formula is C14H14O3S. The molecule has 0 aliphatic rings. The first-order chi connectivity index (χ1) is 8.41. The lowest BCUT2D eigenvalue weighted by Gasteiger charge is -2.11. The van der Waals surface area contributed by atoms with Crippen molar-refractivity contribution in [3.05, 3.63) is 53.6 Å². The summed E-state index contributed by atoms with van der Waals surface area (Å²) in [4.78, 5) is -0.0281. The van der Waals surface area contributed by atoms with Crippen molar-refractivity contribution in [2.75, 3.05) is 0 Å². The molecule has 0 amide bonds. The van der Waals surface area contributed by atoms with E-state index < -0.39 is 10.1 Å². The zero-order chi connectivity index (χ0) is 13.3. The molecule has 0 saturated heterocycles. The van der Waals surface area contributed by atoms with Gasteiger partial charge in [0.1, 0.15) is 0 Å². The van der Waals surface area contributed by atoms with Gasteiger partial charge < -0.3 is 0 Å². The van der Waals surface area contributed by atoms with Crippen molar-refractivity contribution in [2.45, 2.75) is 18.7 Å². The highest BCUT2D eigenvalue weighted by Crippen LogP contribution is 2.29. The average Bonchev–Trinajstić information content (AvgIpc) is 2.32. The van der Waals surface area contributed by atoms with E-state index in [2.05, 4.69) is 0 Å². The lowest BCUT2D eigenvalue weighted by Crippen LogP contribution is -2.03. The molecule has 0 radical (unpaired) electrons. The Hall–Kier alpha value is -1.65. The van der Waals surface area contributed by atoms with E-state index in [4.69, 9.17) is 4.55 Å². The lowest BCUT2D eigenvalue weighted by molar-refractivity contribution is 0.482. The zero-order valence-electron chi connectivity index (χ0n) is 10.2. The van der Waals surface area contributed by atoms with Gasteiger partial charge in [0.05, 0.1) is 4.90 Å². The van der Waals surface area contributed by atoms with Crippen LogP contribution in [0.4, 0.5) is 0 Å². The summed E-state index contributed by atoms with van der Waals surface area (Å²) in [5, 5.41) is 0. The molecule has 2 aromatic rings. The van der Waals surface area contributed by atoms with Gasteiger partial charge in [0, 0.05) is 0 Å². The second kappa shape index (κ2) is 4.55. The van der Waals surface area contributed by atoms with Gasteiger partial charge in [0.25, 0.3) is 10.1 Å². The Morgan fingerprint density at radius 2 is 1.50 bits per heavy atom. The Morgan fingerprint density at radius 3 is 2.06 bits per heavy atom. The van der Waals surface area contributed by atoms with Crippen molar-refractivity contribution in [2.24, 2.45) is 0 Å². The summed E-state index contributed by atoms with van der Waals surface area (Å²) in [6, 6.07) is 12.9. The molecule has 0 bridgehead atoms. The molecule has 18 heavy (non-hydrogen) atoms. The predicted molar refractivity (Wildman–Crippen MR) is 71.2 cm³/mol.